The van der Waals surface area contributed by atoms with Gasteiger partial charge in [-0.15, -0.1) is 0 Å². The first kappa shape index (κ1) is 12.8. The maximum absolute atomic E-state index is 11.7. The Balaban J connectivity index is 2.53. The molecule has 0 fully saturated rings. The first-order chi connectivity index (χ1) is 8.63. The summed E-state index contributed by atoms with van der Waals surface area (Å²) >= 11 is 1.55. The van der Waals surface area contributed by atoms with Gasteiger partial charge in [-0.2, -0.15) is 0 Å². The largest absolute Gasteiger partial charge is 0.393 e. The van der Waals surface area contributed by atoms with E-state index in [4.69, 9.17) is 5.73 Å². The molecule has 94 valence electrons. The van der Waals surface area contributed by atoms with Crippen LogP contribution < -0.4 is 11.3 Å². The van der Waals surface area contributed by atoms with Gasteiger partial charge in [-0.3, -0.25) is 4.79 Å². The number of anilines is 1. The first-order valence-corrected chi connectivity index (χ1v) is 6.69. The summed E-state index contributed by atoms with van der Waals surface area (Å²) in [7, 11) is 0. The summed E-state index contributed by atoms with van der Waals surface area (Å²) in [5.74, 6) is 0. The highest BCUT2D eigenvalue weighted by atomic mass is 32.2. The average molecular weight is 260 g/mol. The lowest BCUT2D eigenvalue weighted by Crippen LogP contribution is -2.16. The fraction of sp³-hybridized carbons (Fsp3) is 0.214. The minimum atomic E-state index is -0.205. The Morgan fingerprint density at radius 2 is 1.94 bits per heavy atom. The van der Waals surface area contributed by atoms with Crippen LogP contribution in [0.25, 0.3) is 0 Å². The predicted molar refractivity (Wildman–Crippen MR) is 76.2 cm³/mol. The number of hydrogen-bond donors (Lipinski definition) is 2. The Morgan fingerprint density at radius 1 is 1.28 bits per heavy atom. The molecule has 0 aliphatic heterocycles. The van der Waals surface area contributed by atoms with Crippen molar-refractivity contribution in [2.24, 2.45) is 0 Å². The van der Waals surface area contributed by atoms with Crippen LogP contribution in [0.1, 0.15) is 18.2 Å². The highest BCUT2D eigenvalue weighted by Crippen LogP contribution is 2.34. The van der Waals surface area contributed by atoms with Gasteiger partial charge in [-0.1, -0.05) is 36.9 Å². The van der Waals surface area contributed by atoms with Crippen molar-refractivity contribution < 1.29 is 0 Å². The molecule has 4 heteroatoms. The highest BCUT2D eigenvalue weighted by Gasteiger charge is 2.13. The molecule has 0 bridgehead atoms. The fourth-order valence-corrected chi connectivity index (χ4v) is 3.05. The van der Waals surface area contributed by atoms with Gasteiger partial charge in [-0.25, -0.2) is 0 Å². The molecule has 2 rings (SSSR count). The number of nitrogens with two attached hydrogens (primary N) is 1. The summed E-state index contributed by atoms with van der Waals surface area (Å²) < 4.78 is 0. The SMILES string of the molecule is CCc1c(C)[nH]c(=O)c(N)c1Sc1ccccc1. The predicted octanol–water partition coefficient (Wildman–Crippen LogP) is 2.98. The van der Waals surface area contributed by atoms with E-state index >= 15 is 0 Å². The molecule has 0 atom stereocenters. The molecular formula is C14H16N2OS. The van der Waals surface area contributed by atoms with Crippen molar-refractivity contribution in [1.82, 2.24) is 4.98 Å². The van der Waals surface area contributed by atoms with Crippen molar-refractivity contribution in [3.05, 3.63) is 51.9 Å². The number of benzene rings is 1. The molecule has 0 aliphatic carbocycles. The minimum Gasteiger partial charge on any atom is -0.393 e. The van der Waals surface area contributed by atoms with Crippen LogP contribution in [0.15, 0.2) is 44.9 Å². The number of pyridine rings is 1. The Morgan fingerprint density at radius 3 is 2.56 bits per heavy atom. The second kappa shape index (κ2) is 5.31. The molecule has 0 amide bonds. The number of nitrogen functional groups attached to an aromatic ring is 1. The van der Waals surface area contributed by atoms with Crippen LogP contribution in [0.3, 0.4) is 0 Å². The van der Waals surface area contributed by atoms with E-state index in [1.165, 1.54) is 0 Å². The summed E-state index contributed by atoms with van der Waals surface area (Å²) in [5.41, 5.74) is 8.03. The molecule has 0 spiro atoms. The summed E-state index contributed by atoms with van der Waals surface area (Å²) in [6, 6.07) is 9.95. The summed E-state index contributed by atoms with van der Waals surface area (Å²) in [4.78, 5) is 16.5. The van der Waals surface area contributed by atoms with Gasteiger partial charge >= 0.3 is 0 Å². The topological polar surface area (TPSA) is 58.9 Å². The van der Waals surface area contributed by atoms with Gasteiger partial charge < -0.3 is 10.7 Å². The second-order valence-corrected chi connectivity index (χ2v) is 5.15. The van der Waals surface area contributed by atoms with Crippen molar-refractivity contribution >= 4 is 17.4 Å². The summed E-state index contributed by atoms with van der Waals surface area (Å²) in [6.07, 6.45) is 0.849. The Kier molecular flexibility index (Phi) is 3.77. The van der Waals surface area contributed by atoms with Crippen molar-refractivity contribution in [3.8, 4) is 0 Å². The number of aromatic amines is 1. The number of aryl methyl sites for hydroxylation is 1. The van der Waals surface area contributed by atoms with Crippen molar-refractivity contribution in [1.29, 1.82) is 0 Å². The maximum atomic E-state index is 11.7. The van der Waals surface area contributed by atoms with Gasteiger partial charge in [-0.05, 0) is 31.0 Å². The van der Waals surface area contributed by atoms with Gasteiger partial charge in [0.1, 0.15) is 5.69 Å². The van der Waals surface area contributed by atoms with Crippen LogP contribution in [-0.2, 0) is 6.42 Å². The van der Waals surface area contributed by atoms with Crippen LogP contribution in [0.2, 0.25) is 0 Å². The maximum Gasteiger partial charge on any atom is 0.272 e. The van der Waals surface area contributed by atoms with Crippen LogP contribution in [0.4, 0.5) is 5.69 Å². The molecule has 18 heavy (non-hydrogen) atoms. The van der Waals surface area contributed by atoms with E-state index in [1.807, 2.05) is 37.3 Å². The zero-order valence-corrected chi connectivity index (χ0v) is 11.3. The highest BCUT2D eigenvalue weighted by molar-refractivity contribution is 7.99. The quantitative estimate of drug-likeness (QED) is 0.892. The lowest BCUT2D eigenvalue weighted by atomic mass is 10.1. The number of hydrogen-bond acceptors (Lipinski definition) is 3. The van der Waals surface area contributed by atoms with E-state index in [2.05, 4.69) is 11.9 Å². The Hall–Kier alpha value is -1.68. The molecule has 1 heterocycles. The van der Waals surface area contributed by atoms with E-state index in [1.54, 1.807) is 11.8 Å². The molecule has 0 aliphatic rings. The van der Waals surface area contributed by atoms with Crippen LogP contribution >= 0.6 is 11.8 Å². The third-order valence-electron chi connectivity index (χ3n) is 2.83. The zero-order chi connectivity index (χ0) is 13.1. The van der Waals surface area contributed by atoms with E-state index in [0.29, 0.717) is 5.69 Å². The van der Waals surface area contributed by atoms with E-state index < -0.39 is 0 Å². The lowest BCUT2D eigenvalue weighted by molar-refractivity contribution is 0.981. The zero-order valence-electron chi connectivity index (χ0n) is 10.5. The minimum absolute atomic E-state index is 0.205. The van der Waals surface area contributed by atoms with Crippen molar-refractivity contribution in [2.45, 2.75) is 30.1 Å². The third kappa shape index (κ3) is 2.43. The molecule has 0 saturated carbocycles. The lowest BCUT2D eigenvalue weighted by Gasteiger charge is -2.12. The number of aromatic nitrogens is 1. The summed E-state index contributed by atoms with van der Waals surface area (Å²) in [6.45, 7) is 3.98. The standard InChI is InChI=1S/C14H16N2OS/c1-3-11-9(2)16-14(17)12(15)13(11)18-10-7-5-4-6-8-10/h4-8H,3,15H2,1-2H3,(H,16,17). The second-order valence-electron chi connectivity index (χ2n) is 4.07. The van der Waals surface area contributed by atoms with Crippen LogP contribution in [0.5, 0.6) is 0 Å². The first-order valence-electron chi connectivity index (χ1n) is 5.87. The number of nitrogens with one attached hydrogen (secondary N) is 1. The molecule has 3 nitrogen and oxygen atoms in total. The van der Waals surface area contributed by atoms with Crippen LogP contribution in [-0.4, -0.2) is 4.98 Å². The van der Waals surface area contributed by atoms with Gasteiger partial charge in [0.25, 0.3) is 5.56 Å². The number of H-pyrrole nitrogens is 1. The smallest absolute Gasteiger partial charge is 0.272 e. The van der Waals surface area contributed by atoms with Gasteiger partial charge in [0.2, 0.25) is 0 Å². The van der Waals surface area contributed by atoms with E-state index in [-0.39, 0.29) is 5.56 Å². The Labute approximate surface area is 110 Å². The normalized spacial score (nSPS) is 10.6. The van der Waals surface area contributed by atoms with Gasteiger partial charge in [0, 0.05) is 15.5 Å². The molecule has 0 saturated heterocycles. The molecule has 3 N–H and O–H groups in total. The molecule has 0 unspecified atom stereocenters. The monoisotopic (exact) mass is 260 g/mol. The van der Waals surface area contributed by atoms with E-state index in [9.17, 15) is 4.79 Å². The number of rotatable bonds is 3. The summed E-state index contributed by atoms with van der Waals surface area (Å²) in [5, 5.41) is 0. The van der Waals surface area contributed by atoms with Crippen molar-refractivity contribution in [2.75, 3.05) is 5.73 Å². The molecule has 2 aromatic rings. The Bertz CT molecular complexity index is 605. The molecule has 0 radical (unpaired) electrons. The molecule has 1 aromatic heterocycles. The molecular weight excluding hydrogens is 244 g/mol. The van der Waals surface area contributed by atoms with Gasteiger partial charge in [0.15, 0.2) is 0 Å². The average Bonchev–Trinajstić information content (AvgIpc) is 2.37. The van der Waals surface area contributed by atoms with Crippen molar-refractivity contribution in [3.63, 3.8) is 0 Å². The fourth-order valence-electron chi connectivity index (χ4n) is 1.90. The molecule has 1 aromatic carbocycles. The van der Waals surface area contributed by atoms with E-state index in [0.717, 1.165) is 27.5 Å². The van der Waals surface area contributed by atoms with Crippen LogP contribution in [0, 0.1) is 6.92 Å². The van der Waals surface area contributed by atoms with Gasteiger partial charge in [0.05, 0.1) is 0 Å². The third-order valence-corrected chi connectivity index (χ3v) is 4.01.